The highest BCUT2D eigenvalue weighted by molar-refractivity contribution is 9.09. The Bertz CT molecular complexity index is 643. The first kappa shape index (κ1) is 19.1. The van der Waals surface area contributed by atoms with Crippen LogP contribution in [-0.4, -0.2) is 35.8 Å². The van der Waals surface area contributed by atoms with Crippen LogP contribution in [0.5, 0.6) is 0 Å². The average Bonchev–Trinajstić information content (AvgIpc) is 2.55. The van der Waals surface area contributed by atoms with Gasteiger partial charge >= 0.3 is 0 Å². The van der Waals surface area contributed by atoms with Crippen LogP contribution in [0.3, 0.4) is 0 Å². The zero-order chi connectivity index (χ0) is 17.7. The smallest absolute Gasteiger partial charge is 0.134 e. The Hall–Kier alpha value is -1.27. The minimum Gasteiger partial charge on any atom is -0.380 e. The monoisotopic (exact) mass is 395 g/mol. The lowest BCUT2D eigenvalue weighted by molar-refractivity contribution is 0.0663. The molecule has 2 aromatic carbocycles. The summed E-state index contributed by atoms with van der Waals surface area (Å²) in [5.41, 5.74) is 0.910. The summed E-state index contributed by atoms with van der Waals surface area (Å²) in [5.74, 6) is -0.327. The Morgan fingerprint density at radius 3 is 2.00 bits per heavy atom. The van der Waals surface area contributed by atoms with Gasteiger partial charge in [0, 0.05) is 0 Å². The highest BCUT2D eigenvalue weighted by atomic mass is 79.9. The molecule has 0 radical (unpaired) electrons. The minimum absolute atomic E-state index is 0.327. The van der Waals surface area contributed by atoms with Crippen LogP contribution in [0.2, 0.25) is 0 Å². The predicted molar refractivity (Wildman–Crippen MR) is 97.5 cm³/mol. The van der Waals surface area contributed by atoms with E-state index in [1.165, 1.54) is 12.1 Å². The summed E-state index contributed by atoms with van der Waals surface area (Å²) in [4.78, 5) is 2.06. The number of rotatable bonds is 7. The third kappa shape index (κ3) is 4.63. The number of aliphatic hydroxyl groups is 2. The van der Waals surface area contributed by atoms with E-state index in [1.54, 1.807) is 36.4 Å². The van der Waals surface area contributed by atoms with Gasteiger partial charge in [0.15, 0.2) is 0 Å². The van der Waals surface area contributed by atoms with E-state index in [0.29, 0.717) is 17.5 Å². The summed E-state index contributed by atoms with van der Waals surface area (Å²) in [6, 6.07) is 13.1. The van der Waals surface area contributed by atoms with E-state index in [-0.39, 0.29) is 5.82 Å². The standard InChI is InChI=1S/C19H23BrFNO2/c1-22(2)13-3-12-19(24,16-8-10-17(21)11-9-16)15-6-4-14(5-7-15)18(20)23/h4-11,18,23-24H,3,12-13H2,1-2H3. The predicted octanol–water partition coefficient (Wildman–Crippen LogP) is 3.79. The van der Waals surface area contributed by atoms with Gasteiger partial charge in [-0.2, -0.15) is 0 Å². The van der Waals surface area contributed by atoms with Crippen molar-refractivity contribution >= 4 is 15.9 Å². The van der Waals surface area contributed by atoms with Crippen molar-refractivity contribution < 1.29 is 14.6 Å². The van der Waals surface area contributed by atoms with Gasteiger partial charge < -0.3 is 15.1 Å². The van der Waals surface area contributed by atoms with Crippen LogP contribution >= 0.6 is 15.9 Å². The molecule has 24 heavy (non-hydrogen) atoms. The van der Waals surface area contributed by atoms with Crippen LogP contribution in [-0.2, 0) is 5.60 Å². The average molecular weight is 396 g/mol. The first-order valence-electron chi connectivity index (χ1n) is 7.88. The highest BCUT2D eigenvalue weighted by Crippen LogP contribution is 2.35. The molecule has 0 aromatic heterocycles. The molecule has 0 heterocycles. The van der Waals surface area contributed by atoms with E-state index in [0.717, 1.165) is 18.5 Å². The first-order valence-corrected chi connectivity index (χ1v) is 8.80. The van der Waals surface area contributed by atoms with E-state index < -0.39 is 10.6 Å². The van der Waals surface area contributed by atoms with Crippen LogP contribution in [0.15, 0.2) is 48.5 Å². The lowest BCUT2D eigenvalue weighted by Gasteiger charge is -2.30. The third-order valence-electron chi connectivity index (χ3n) is 4.13. The highest BCUT2D eigenvalue weighted by Gasteiger charge is 2.31. The summed E-state index contributed by atoms with van der Waals surface area (Å²) in [7, 11) is 3.98. The van der Waals surface area contributed by atoms with E-state index >= 15 is 0 Å². The SMILES string of the molecule is CN(C)CCCC(O)(c1ccc(F)cc1)c1ccc(C(O)Br)cc1. The fourth-order valence-electron chi connectivity index (χ4n) is 2.75. The summed E-state index contributed by atoms with van der Waals surface area (Å²) in [6.07, 6.45) is 1.32. The fourth-order valence-corrected chi connectivity index (χ4v) is 3.05. The molecule has 0 amide bonds. The number of halogens is 2. The van der Waals surface area contributed by atoms with Gasteiger partial charge in [0.2, 0.25) is 0 Å². The summed E-state index contributed by atoms with van der Waals surface area (Å²) in [5, 5.41) is 20.2. The maximum absolute atomic E-state index is 13.3. The maximum atomic E-state index is 13.3. The molecular formula is C19H23BrFNO2. The first-order chi connectivity index (χ1) is 11.3. The van der Waals surface area contributed by atoms with Gasteiger partial charge in [-0.1, -0.05) is 52.3 Å². The number of nitrogens with zero attached hydrogens (tertiary/aromatic N) is 1. The van der Waals surface area contributed by atoms with E-state index in [1.807, 2.05) is 14.1 Å². The van der Waals surface area contributed by atoms with Gasteiger partial charge in [-0.15, -0.1) is 0 Å². The van der Waals surface area contributed by atoms with Crippen LogP contribution in [0.4, 0.5) is 4.39 Å². The molecule has 2 N–H and O–H groups in total. The maximum Gasteiger partial charge on any atom is 0.134 e. The molecular weight excluding hydrogens is 373 g/mol. The van der Waals surface area contributed by atoms with Crippen molar-refractivity contribution in [1.82, 2.24) is 4.90 Å². The molecule has 0 saturated heterocycles. The van der Waals surface area contributed by atoms with Crippen molar-refractivity contribution in [3.63, 3.8) is 0 Å². The van der Waals surface area contributed by atoms with Crippen LogP contribution in [0.25, 0.3) is 0 Å². The Morgan fingerprint density at radius 1 is 1.04 bits per heavy atom. The molecule has 0 aliphatic heterocycles. The molecule has 0 aliphatic rings. The summed E-state index contributed by atoms with van der Waals surface area (Å²) >= 11 is 3.11. The normalized spacial score (nSPS) is 15.3. The molecule has 0 spiro atoms. The molecule has 0 aliphatic carbocycles. The van der Waals surface area contributed by atoms with Gasteiger partial charge in [-0.3, -0.25) is 0 Å². The third-order valence-corrected chi connectivity index (χ3v) is 4.66. The summed E-state index contributed by atoms with van der Waals surface area (Å²) in [6.45, 7) is 0.849. The number of alkyl halides is 1. The number of benzene rings is 2. The van der Waals surface area contributed by atoms with Gasteiger partial charge in [0.05, 0.1) is 0 Å². The lowest BCUT2D eigenvalue weighted by Crippen LogP contribution is -2.29. The molecule has 0 saturated carbocycles. The molecule has 2 aromatic rings. The van der Waals surface area contributed by atoms with Gasteiger partial charge in [-0.25, -0.2) is 4.39 Å². The molecule has 5 heteroatoms. The molecule has 2 unspecified atom stereocenters. The van der Waals surface area contributed by atoms with Crippen molar-refractivity contribution in [2.45, 2.75) is 23.5 Å². The second kappa shape index (κ2) is 8.21. The molecule has 130 valence electrons. The Kier molecular flexibility index (Phi) is 6.52. The van der Waals surface area contributed by atoms with Crippen molar-refractivity contribution in [2.24, 2.45) is 0 Å². The second-order valence-corrected chi connectivity index (χ2v) is 7.10. The summed E-state index contributed by atoms with van der Waals surface area (Å²) < 4.78 is 13.3. The van der Waals surface area contributed by atoms with Gasteiger partial charge in [0.25, 0.3) is 0 Å². The van der Waals surface area contributed by atoms with Crippen molar-refractivity contribution in [1.29, 1.82) is 0 Å². The second-order valence-electron chi connectivity index (χ2n) is 6.23. The zero-order valence-corrected chi connectivity index (χ0v) is 15.5. The molecule has 0 bridgehead atoms. The Morgan fingerprint density at radius 2 is 1.54 bits per heavy atom. The fraction of sp³-hybridized carbons (Fsp3) is 0.368. The van der Waals surface area contributed by atoms with Crippen molar-refractivity contribution in [2.75, 3.05) is 20.6 Å². The minimum atomic E-state index is -1.19. The molecule has 2 atom stereocenters. The van der Waals surface area contributed by atoms with E-state index in [9.17, 15) is 14.6 Å². The van der Waals surface area contributed by atoms with E-state index in [2.05, 4.69) is 20.8 Å². The van der Waals surface area contributed by atoms with Gasteiger partial charge in [-0.05, 0) is 62.3 Å². The number of hydrogen-bond acceptors (Lipinski definition) is 3. The molecule has 0 fully saturated rings. The topological polar surface area (TPSA) is 43.7 Å². The zero-order valence-electron chi connectivity index (χ0n) is 13.9. The quantitative estimate of drug-likeness (QED) is 0.700. The van der Waals surface area contributed by atoms with Crippen LogP contribution in [0, 0.1) is 5.82 Å². The molecule has 3 nitrogen and oxygen atoms in total. The lowest BCUT2D eigenvalue weighted by atomic mass is 9.82. The van der Waals surface area contributed by atoms with E-state index in [4.69, 9.17) is 0 Å². The Labute approximate surface area is 150 Å². The van der Waals surface area contributed by atoms with Gasteiger partial charge in [0.1, 0.15) is 16.4 Å². The molecule has 2 rings (SSSR count). The number of aliphatic hydroxyl groups excluding tert-OH is 1. The Balaban J connectivity index is 2.35. The number of hydrogen-bond donors (Lipinski definition) is 2. The van der Waals surface area contributed by atoms with Crippen LogP contribution < -0.4 is 0 Å². The van der Waals surface area contributed by atoms with Crippen molar-refractivity contribution in [3.8, 4) is 0 Å². The van der Waals surface area contributed by atoms with Crippen molar-refractivity contribution in [3.05, 3.63) is 71.0 Å². The largest absolute Gasteiger partial charge is 0.380 e. The van der Waals surface area contributed by atoms with Crippen LogP contribution in [0.1, 0.15) is 34.5 Å².